The molecule has 7 heteroatoms. The highest BCUT2D eigenvalue weighted by Crippen LogP contribution is 2.22. The summed E-state index contributed by atoms with van der Waals surface area (Å²) < 4.78 is 23.5. The monoisotopic (exact) mass is 373 g/mol. The number of rotatable bonds is 6. The van der Waals surface area contributed by atoms with Gasteiger partial charge >= 0.3 is 0 Å². The van der Waals surface area contributed by atoms with Gasteiger partial charge in [-0.1, -0.05) is 29.8 Å². The summed E-state index contributed by atoms with van der Waals surface area (Å²) in [6.45, 7) is 9.96. The van der Waals surface area contributed by atoms with Crippen molar-refractivity contribution in [2.75, 3.05) is 18.8 Å². The summed E-state index contributed by atoms with van der Waals surface area (Å²) in [6, 6.07) is 7.56. The Balaban J connectivity index is 2.78. The van der Waals surface area contributed by atoms with Crippen LogP contribution in [0.25, 0.3) is 0 Å². The Morgan fingerprint density at radius 2 is 1.92 bits per heavy atom. The van der Waals surface area contributed by atoms with E-state index in [0.29, 0.717) is 17.5 Å². The molecular weight excluding hydrogens is 346 g/mol. The fourth-order valence-electron chi connectivity index (χ4n) is 2.01. The van der Waals surface area contributed by atoms with Gasteiger partial charge in [-0.3, -0.25) is 4.99 Å². The fourth-order valence-corrected chi connectivity index (χ4v) is 3.26. The van der Waals surface area contributed by atoms with Crippen LogP contribution in [0.4, 0.5) is 0 Å². The Hall–Kier alpha value is -1.27. The van der Waals surface area contributed by atoms with Crippen LogP contribution >= 0.6 is 11.6 Å². The van der Waals surface area contributed by atoms with Crippen LogP contribution in [-0.2, 0) is 9.84 Å². The van der Waals surface area contributed by atoms with Gasteiger partial charge in [0.2, 0.25) is 0 Å². The number of sulfone groups is 1. The van der Waals surface area contributed by atoms with Crippen LogP contribution in [0.1, 0.15) is 46.2 Å². The van der Waals surface area contributed by atoms with E-state index in [1.54, 1.807) is 20.8 Å². The van der Waals surface area contributed by atoms with E-state index in [-0.39, 0.29) is 18.3 Å². The normalized spacial score (nSPS) is 14.3. The van der Waals surface area contributed by atoms with Crippen molar-refractivity contribution in [3.8, 4) is 0 Å². The van der Waals surface area contributed by atoms with Crippen LogP contribution in [0.3, 0.4) is 0 Å². The molecule has 1 rings (SSSR count). The molecule has 0 aliphatic carbocycles. The van der Waals surface area contributed by atoms with E-state index in [1.165, 1.54) is 0 Å². The Kier molecular flexibility index (Phi) is 7.55. The minimum Gasteiger partial charge on any atom is -0.357 e. The van der Waals surface area contributed by atoms with Crippen molar-refractivity contribution < 1.29 is 8.42 Å². The molecule has 0 aromatic heterocycles. The van der Waals surface area contributed by atoms with Crippen molar-refractivity contribution in [2.24, 2.45) is 4.99 Å². The molecule has 0 fully saturated rings. The summed E-state index contributed by atoms with van der Waals surface area (Å²) in [4.78, 5) is 4.38. The molecule has 0 radical (unpaired) electrons. The van der Waals surface area contributed by atoms with E-state index in [1.807, 2.05) is 38.1 Å². The highest BCUT2D eigenvalue weighted by Gasteiger charge is 2.28. The topological polar surface area (TPSA) is 70.6 Å². The first-order chi connectivity index (χ1) is 11.1. The predicted molar refractivity (Wildman–Crippen MR) is 103 cm³/mol. The number of benzene rings is 1. The first kappa shape index (κ1) is 20.8. The smallest absolute Gasteiger partial charge is 0.191 e. The number of hydrogen-bond donors (Lipinski definition) is 2. The second-order valence-electron chi connectivity index (χ2n) is 6.58. The number of guanidine groups is 1. The van der Waals surface area contributed by atoms with Crippen molar-refractivity contribution >= 4 is 27.4 Å². The number of nitrogens with one attached hydrogen (secondary N) is 2. The summed E-state index contributed by atoms with van der Waals surface area (Å²) in [5.74, 6) is 0.599. The van der Waals surface area contributed by atoms with Crippen molar-refractivity contribution in [2.45, 2.75) is 45.4 Å². The lowest BCUT2D eigenvalue weighted by Gasteiger charge is -2.20. The standard InChI is InChI=1S/C17H28ClN3O2S/c1-6-19-16(20-11-12-24(22,23)17(3,4)5)21-13(2)14-9-7-8-10-15(14)18/h7-10,13H,6,11-12H2,1-5H3,(H2,19,20,21). The van der Waals surface area contributed by atoms with E-state index < -0.39 is 14.6 Å². The molecule has 0 saturated carbocycles. The lowest BCUT2D eigenvalue weighted by molar-refractivity contribution is 0.560. The van der Waals surface area contributed by atoms with Crippen LogP contribution in [0.2, 0.25) is 5.02 Å². The minimum absolute atomic E-state index is 0.0214. The molecular formula is C17H28ClN3O2S. The zero-order chi connectivity index (χ0) is 18.4. The maximum absolute atomic E-state index is 12.2. The average Bonchev–Trinajstić information content (AvgIpc) is 2.46. The molecule has 24 heavy (non-hydrogen) atoms. The third kappa shape index (κ3) is 5.98. The number of halogens is 1. The lowest BCUT2D eigenvalue weighted by atomic mass is 10.1. The molecule has 2 N–H and O–H groups in total. The summed E-state index contributed by atoms with van der Waals surface area (Å²) in [5.41, 5.74) is 0.965. The Bertz CT molecular complexity index is 667. The second kappa shape index (κ2) is 8.72. The predicted octanol–water partition coefficient (Wildman–Crippen LogP) is 3.17. The SMILES string of the molecule is CCNC(=NCCS(=O)(=O)C(C)(C)C)NC(C)c1ccccc1Cl. The molecule has 1 aromatic rings. The van der Waals surface area contributed by atoms with Gasteiger partial charge in [0.05, 0.1) is 23.1 Å². The summed E-state index contributed by atoms with van der Waals surface area (Å²) >= 11 is 6.21. The highest BCUT2D eigenvalue weighted by molar-refractivity contribution is 7.92. The molecule has 1 unspecified atom stereocenters. The average molecular weight is 374 g/mol. The molecule has 136 valence electrons. The van der Waals surface area contributed by atoms with Gasteiger partial charge in [0, 0.05) is 11.6 Å². The van der Waals surface area contributed by atoms with Gasteiger partial charge < -0.3 is 10.6 Å². The number of nitrogens with zero attached hydrogens (tertiary/aromatic N) is 1. The molecule has 1 atom stereocenters. The lowest BCUT2D eigenvalue weighted by Crippen LogP contribution is -2.39. The van der Waals surface area contributed by atoms with Gasteiger partial charge in [0.1, 0.15) is 0 Å². The largest absolute Gasteiger partial charge is 0.357 e. The van der Waals surface area contributed by atoms with Crippen molar-refractivity contribution in [1.82, 2.24) is 10.6 Å². The molecule has 0 saturated heterocycles. The number of aliphatic imine (C=N–C) groups is 1. The minimum atomic E-state index is -3.18. The first-order valence-electron chi connectivity index (χ1n) is 8.10. The molecule has 5 nitrogen and oxygen atoms in total. The molecule has 0 spiro atoms. The van der Waals surface area contributed by atoms with Crippen molar-refractivity contribution in [1.29, 1.82) is 0 Å². The van der Waals surface area contributed by atoms with Crippen LogP contribution in [0.5, 0.6) is 0 Å². The molecule has 0 aliphatic heterocycles. The van der Waals surface area contributed by atoms with Gasteiger partial charge in [0.25, 0.3) is 0 Å². The third-order valence-electron chi connectivity index (χ3n) is 3.63. The Morgan fingerprint density at radius 1 is 1.29 bits per heavy atom. The third-order valence-corrected chi connectivity index (χ3v) is 6.56. The van der Waals surface area contributed by atoms with Crippen LogP contribution in [-0.4, -0.2) is 38.0 Å². The Morgan fingerprint density at radius 3 is 2.46 bits per heavy atom. The molecule has 0 bridgehead atoms. The van der Waals surface area contributed by atoms with E-state index in [9.17, 15) is 8.42 Å². The van der Waals surface area contributed by atoms with Gasteiger partial charge in [-0.15, -0.1) is 0 Å². The molecule has 1 aromatic carbocycles. The molecule has 0 aliphatic rings. The summed E-state index contributed by atoms with van der Waals surface area (Å²) in [7, 11) is -3.18. The fraction of sp³-hybridized carbons (Fsp3) is 0.588. The number of hydrogen-bond acceptors (Lipinski definition) is 3. The van der Waals surface area contributed by atoms with Crippen molar-refractivity contribution in [3.63, 3.8) is 0 Å². The van der Waals surface area contributed by atoms with E-state index in [4.69, 9.17) is 11.6 Å². The maximum Gasteiger partial charge on any atom is 0.191 e. The van der Waals surface area contributed by atoms with E-state index >= 15 is 0 Å². The van der Waals surface area contributed by atoms with E-state index in [2.05, 4.69) is 15.6 Å². The highest BCUT2D eigenvalue weighted by atomic mass is 35.5. The van der Waals surface area contributed by atoms with Gasteiger partial charge in [-0.25, -0.2) is 8.42 Å². The first-order valence-corrected chi connectivity index (χ1v) is 10.1. The molecule has 0 heterocycles. The maximum atomic E-state index is 12.2. The second-order valence-corrected chi connectivity index (χ2v) is 9.85. The van der Waals surface area contributed by atoms with E-state index in [0.717, 1.165) is 5.56 Å². The van der Waals surface area contributed by atoms with Gasteiger partial charge in [0.15, 0.2) is 15.8 Å². The summed E-state index contributed by atoms with van der Waals surface area (Å²) in [5, 5.41) is 7.07. The zero-order valence-corrected chi connectivity index (χ0v) is 16.6. The van der Waals surface area contributed by atoms with Crippen molar-refractivity contribution in [3.05, 3.63) is 34.9 Å². The summed E-state index contributed by atoms with van der Waals surface area (Å²) in [6.07, 6.45) is 0. The molecule has 0 amide bonds. The van der Waals surface area contributed by atoms with Crippen LogP contribution < -0.4 is 10.6 Å². The Labute approximate surface area is 150 Å². The van der Waals surface area contributed by atoms with Crippen LogP contribution in [0, 0.1) is 0 Å². The zero-order valence-electron chi connectivity index (χ0n) is 15.1. The van der Waals surface area contributed by atoms with Gasteiger partial charge in [-0.2, -0.15) is 0 Å². The van der Waals surface area contributed by atoms with Crippen LogP contribution in [0.15, 0.2) is 29.3 Å². The van der Waals surface area contributed by atoms with Gasteiger partial charge in [-0.05, 0) is 46.2 Å². The quantitative estimate of drug-likeness (QED) is 0.593.